The van der Waals surface area contributed by atoms with E-state index in [2.05, 4.69) is 33.1 Å². The minimum atomic E-state index is -0.0585. The van der Waals surface area contributed by atoms with E-state index >= 15 is 0 Å². The summed E-state index contributed by atoms with van der Waals surface area (Å²) >= 11 is 0. The SMILES string of the molecule is CNC(=O)CCN(C=O)c1cccc2c1ccn2C1CCN(CCC2CCCCC2)CC1. The van der Waals surface area contributed by atoms with E-state index in [1.807, 2.05) is 12.1 Å². The lowest BCUT2D eigenvalue weighted by atomic mass is 9.87. The molecule has 1 saturated carbocycles. The molecule has 1 aliphatic heterocycles. The van der Waals surface area contributed by atoms with Gasteiger partial charge in [-0.15, -0.1) is 0 Å². The fraction of sp³-hybridized carbons (Fsp3) is 0.615. The number of hydrogen-bond acceptors (Lipinski definition) is 3. The number of likely N-dealkylation sites (tertiary alicyclic amines) is 1. The average molecular weight is 439 g/mol. The normalized spacial score (nSPS) is 18.7. The zero-order valence-corrected chi connectivity index (χ0v) is 19.5. The van der Waals surface area contributed by atoms with E-state index in [0.29, 0.717) is 19.0 Å². The number of fused-ring (bicyclic) bond motifs is 1. The highest BCUT2D eigenvalue weighted by Gasteiger charge is 2.23. The summed E-state index contributed by atoms with van der Waals surface area (Å²) in [6.45, 7) is 3.98. The van der Waals surface area contributed by atoms with Gasteiger partial charge < -0.3 is 19.7 Å². The summed E-state index contributed by atoms with van der Waals surface area (Å²) in [5, 5.41) is 3.70. The topological polar surface area (TPSA) is 57.6 Å². The Morgan fingerprint density at radius 1 is 1.12 bits per heavy atom. The maximum Gasteiger partial charge on any atom is 0.221 e. The standard InChI is InChI=1S/C26H38N4O2/c1-27-26(32)14-18-29(20-31)24-8-5-9-25-23(24)13-19-30(25)22-11-16-28(17-12-22)15-10-21-6-3-2-4-7-21/h5,8-9,13,19-22H,2-4,6-7,10-12,14-18H2,1H3,(H,27,32). The summed E-state index contributed by atoms with van der Waals surface area (Å²) in [5.74, 6) is 0.897. The number of aromatic nitrogens is 1. The molecule has 0 unspecified atom stereocenters. The van der Waals surface area contributed by atoms with E-state index in [-0.39, 0.29) is 5.91 Å². The lowest BCUT2D eigenvalue weighted by molar-refractivity contribution is -0.120. The van der Waals surface area contributed by atoms with E-state index in [4.69, 9.17) is 0 Å². The number of piperidine rings is 1. The Morgan fingerprint density at radius 3 is 2.62 bits per heavy atom. The molecule has 2 fully saturated rings. The molecule has 2 heterocycles. The lowest BCUT2D eigenvalue weighted by Crippen LogP contribution is -2.36. The molecule has 0 bridgehead atoms. The Hall–Kier alpha value is -2.34. The minimum absolute atomic E-state index is 0.0585. The third-order valence-electron chi connectivity index (χ3n) is 7.56. The molecule has 0 radical (unpaired) electrons. The van der Waals surface area contributed by atoms with Crippen LogP contribution in [0, 0.1) is 5.92 Å². The first-order valence-electron chi connectivity index (χ1n) is 12.4. The van der Waals surface area contributed by atoms with Gasteiger partial charge in [-0.1, -0.05) is 38.2 Å². The van der Waals surface area contributed by atoms with Crippen LogP contribution in [0.1, 0.15) is 63.8 Å². The molecule has 32 heavy (non-hydrogen) atoms. The van der Waals surface area contributed by atoms with Crippen LogP contribution in [0.4, 0.5) is 5.69 Å². The van der Waals surface area contributed by atoms with Crippen LogP contribution in [-0.2, 0) is 9.59 Å². The van der Waals surface area contributed by atoms with Crippen molar-refractivity contribution in [3.63, 3.8) is 0 Å². The van der Waals surface area contributed by atoms with Crippen molar-refractivity contribution >= 4 is 28.9 Å². The second-order valence-corrected chi connectivity index (χ2v) is 9.52. The van der Waals surface area contributed by atoms with Gasteiger partial charge in [0.25, 0.3) is 0 Å². The molecule has 174 valence electrons. The van der Waals surface area contributed by atoms with Crippen LogP contribution in [0.25, 0.3) is 10.9 Å². The molecule has 1 aromatic carbocycles. The van der Waals surface area contributed by atoms with Crippen LogP contribution in [0.15, 0.2) is 30.5 Å². The molecule has 1 aromatic heterocycles. The fourth-order valence-corrected chi connectivity index (χ4v) is 5.58. The molecule has 6 nitrogen and oxygen atoms in total. The molecule has 4 rings (SSSR count). The summed E-state index contributed by atoms with van der Waals surface area (Å²) in [6.07, 6.45) is 14.2. The summed E-state index contributed by atoms with van der Waals surface area (Å²) in [5.41, 5.74) is 2.06. The number of benzene rings is 1. The van der Waals surface area contributed by atoms with Gasteiger partial charge in [-0.3, -0.25) is 9.59 Å². The van der Waals surface area contributed by atoms with Gasteiger partial charge >= 0.3 is 0 Å². The Bertz CT molecular complexity index is 894. The van der Waals surface area contributed by atoms with E-state index in [1.165, 1.54) is 76.5 Å². The van der Waals surface area contributed by atoms with E-state index in [9.17, 15) is 9.59 Å². The summed E-state index contributed by atoms with van der Waals surface area (Å²) < 4.78 is 2.40. The molecular formula is C26H38N4O2. The number of amides is 2. The van der Waals surface area contributed by atoms with Gasteiger partial charge in [-0.25, -0.2) is 0 Å². The Labute approximate surface area is 191 Å². The third-order valence-corrected chi connectivity index (χ3v) is 7.56. The van der Waals surface area contributed by atoms with Gasteiger partial charge in [0.1, 0.15) is 0 Å². The number of carbonyl (C=O) groups excluding carboxylic acids is 2. The smallest absolute Gasteiger partial charge is 0.221 e. The third kappa shape index (κ3) is 5.34. The molecule has 0 atom stereocenters. The zero-order chi connectivity index (χ0) is 22.3. The van der Waals surface area contributed by atoms with Crippen LogP contribution < -0.4 is 10.2 Å². The largest absolute Gasteiger partial charge is 0.359 e. The molecule has 1 saturated heterocycles. The molecule has 2 aliphatic rings. The Balaban J connectivity index is 1.38. The predicted molar refractivity (Wildman–Crippen MR) is 130 cm³/mol. The second-order valence-electron chi connectivity index (χ2n) is 9.52. The summed E-state index contributed by atoms with van der Waals surface area (Å²) in [6, 6.07) is 8.76. The van der Waals surface area contributed by atoms with Crippen molar-refractivity contribution in [3.05, 3.63) is 30.5 Å². The molecule has 6 heteroatoms. The number of carbonyl (C=O) groups is 2. The van der Waals surface area contributed by atoms with Crippen molar-refractivity contribution < 1.29 is 9.59 Å². The van der Waals surface area contributed by atoms with Crippen molar-refractivity contribution in [1.82, 2.24) is 14.8 Å². The quantitative estimate of drug-likeness (QED) is 0.592. The number of rotatable bonds is 9. The maximum absolute atomic E-state index is 11.8. The maximum atomic E-state index is 11.8. The number of nitrogens with one attached hydrogen (secondary N) is 1. The van der Waals surface area contributed by atoms with Crippen LogP contribution in [0.5, 0.6) is 0 Å². The Morgan fingerprint density at radius 2 is 1.91 bits per heavy atom. The summed E-state index contributed by atoms with van der Waals surface area (Å²) in [7, 11) is 1.62. The van der Waals surface area contributed by atoms with Crippen molar-refractivity contribution in [2.75, 3.05) is 38.1 Å². The average Bonchev–Trinajstić information content (AvgIpc) is 3.29. The molecule has 1 N–H and O–H groups in total. The zero-order valence-electron chi connectivity index (χ0n) is 19.5. The van der Waals surface area contributed by atoms with Gasteiger partial charge in [0.15, 0.2) is 0 Å². The van der Waals surface area contributed by atoms with Crippen LogP contribution in [0.2, 0.25) is 0 Å². The molecular weight excluding hydrogens is 400 g/mol. The van der Waals surface area contributed by atoms with Gasteiger partial charge in [0.2, 0.25) is 12.3 Å². The predicted octanol–water partition coefficient (Wildman–Crippen LogP) is 4.35. The van der Waals surface area contributed by atoms with Crippen LogP contribution in [0.3, 0.4) is 0 Å². The highest BCUT2D eigenvalue weighted by Crippen LogP contribution is 2.33. The monoisotopic (exact) mass is 438 g/mol. The van der Waals surface area contributed by atoms with E-state index in [0.717, 1.165) is 23.4 Å². The van der Waals surface area contributed by atoms with Crippen molar-refractivity contribution in [2.24, 2.45) is 5.92 Å². The highest BCUT2D eigenvalue weighted by atomic mass is 16.2. The first-order chi connectivity index (χ1) is 15.7. The molecule has 2 aromatic rings. The van der Waals surface area contributed by atoms with Crippen molar-refractivity contribution in [3.8, 4) is 0 Å². The van der Waals surface area contributed by atoms with E-state index < -0.39 is 0 Å². The lowest BCUT2D eigenvalue weighted by Gasteiger charge is -2.34. The highest BCUT2D eigenvalue weighted by molar-refractivity contribution is 5.97. The second kappa shape index (κ2) is 11.0. The fourth-order valence-electron chi connectivity index (χ4n) is 5.58. The van der Waals surface area contributed by atoms with Gasteiger partial charge in [0.05, 0.1) is 11.2 Å². The number of hydrogen-bond donors (Lipinski definition) is 1. The number of nitrogens with zero attached hydrogens (tertiary/aromatic N) is 3. The molecule has 0 spiro atoms. The summed E-state index contributed by atoms with van der Waals surface area (Å²) in [4.78, 5) is 27.7. The first-order valence-corrected chi connectivity index (χ1v) is 12.4. The van der Waals surface area contributed by atoms with Crippen LogP contribution >= 0.6 is 0 Å². The number of anilines is 1. The Kier molecular flexibility index (Phi) is 7.85. The van der Waals surface area contributed by atoms with Crippen LogP contribution in [-0.4, -0.2) is 55.0 Å². The van der Waals surface area contributed by atoms with Crippen molar-refractivity contribution in [2.45, 2.75) is 63.8 Å². The minimum Gasteiger partial charge on any atom is -0.359 e. The van der Waals surface area contributed by atoms with Crippen molar-refractivity contribution in [1.29, 1.82) is 0 Å². The van der Waals surface area contributed by atoms with E-state index in [1.54, 1.807) is 11.9 Å². The first kappa shape index (κ1) is 22.8. The van der Waals surface area contributed by atoms with Gasteiger partial charge in [-0.2, -0.15) is 0 Å². The molecule has 2 amide bonds. The molecule has 1 aliphatic carbocycles. The van der Waals surface area contributed by atoms with Gasteiger partial charge in [0, 0.05) is 50.7 Å². The van der Waals surface area contributed by atoms with Gasteiger partial charge in [-0.05, 0) is 49.9 Å².